The minimum atomic E-state index is -2.64. The first-order valence-electron chi connectivity index (χ1n) is 10.9. The van der Waals surface area contributed by atoms with Crippen LogP contribution in [-0.2, 0) is 18.6 Å². The van der Waals surface area contributed by atoms with Crippen molar-refractivity contribution in [3.05, 3.63) is 60.7 Å². The molecule has 2 aromatic carbocycles. The second kappa shape index (κ2) is 12.5. The van der Waals surface area contributed by atoms with Crippen LogP contribution in [0.15, 0.2) is 60.7 Å². The lowest BCUT2D eigenvalue weighted by atomic mass is 10.1. The number of methoxy groups -OCH3 is 1. The maximum atomic E-state index is 10.4. The molecule has 0 aromatic heterocycles. The minimum absolute atomic E-state index is 0.108. The average Bonchev–Trinajstić information content (AvgIpc) is 2.75. The smallest absolute Gasteiger partial charge is 0.261 e. The summed E-state index contributed by atoms with van der Waals surface area (Å²) in [6.45, 7) is 10.5. The highest BCUT2D eigenvalue weighted by Crippen LogP contribution is 2.37. The van der Waals surface area contributed by atoms with E-state index in [-0.39, 0.29) is 17.7 Å². The number of aliphatic hydroxyl groups excluding tert-OH is 1. The quantitative estimate of drug-likeness (QED) is 0.291. The van der Waals surface area contributed by atoms with Crippen LogP contribution in [-0.4, -0.2) is 59.9 Å². The second-order valence-corrected chi connectivity index (χ2v) is 13.2. The van der Waals surface area contributed by atoms with E-state index in [9.17, 15) is 5.11 Å². The lowest BCUT2D eigenvalue weighted by Gasteiger charge is -2.44. The van der Waals surface area contributed by atoms with Crippen LogP contribution in [0.2, 0.25) is 5.04 Å². The Bertz CT molecular complexity index is 691. The molecule has 172 valence electrons. The van der Waals surface area contributed by atoms with Crippen molar-refractivity contribution in [2.24, 2.45) is 5.92 Å². The first-order chi connectivity index (χ1) is 14.8. The predicted octanol–water partition coefficient (Wildman–Crippen LogP) is 3.20. The fourth-order valence-electron chi connectivity index (χ4n) is 3.78. The topological polar surface area (TPSA) is 57.2 Å². The third-order valence-corrected chi connectivity index (χ3v) is 10.5. The van der Waals surface area contributed by atoms with Crippen LogP contribution < -0.4 is 10.4 Å². The number of hydrogen-bond donors (Lipinski definition) is 1. The summed E-state index contributed by atoms with van der Waals surface area (Å²) in [7, 11) is -1.00. The van der Waals surface area contributed by atoms with Crippen molar-refractivity contribution in [1.29, 1.82) is 0 Å². The molecule has 6 heteroatoms. The van der Waals surface area contributed by atoms with E-state index in [0.29, 0.717) is 26.4 Å². The zero-order valence-electron chi connectivity index (χ0n) is 19.5. The second-order valence-electron chi connectivity index (χ2n) is 8.86. The third kappa shape index (κ3) is 6.97. The molecule has 0 spiro atoms. The summed E-state index contributed by atoms with van der Waals surface area (Å²) in [6, 6.07) is 21.0. The molecule has 0 saturated heterocycles. The Morgan fingerprint density at radius 3 is 1.84 bits per heavy atom. The molecule has 0 unspecified atom stereocenters. The van der Waals surface area contributed by atoms with Gasteiger partial charge in [0, 0.05) is 19.6 Å². The number of ether oxygens (including phenoxy) is 3. The van der Waals surface area contributed by atoms with Crippen molar-refractivity contribution in [3.63, 3.8) is 0 Å². The average molecular weight is 447 g/mol. The molecule has 2 aromatic rings. The number of aliphatic hydroxyl groups is 1. The number of rotatable bonds is 13. The van der Waals surface area contributed by atoms with Crippen molar-refractivity contribution in [1.82, 2.24) is 0 Å². The van der Waals surface area contributed by atoms with Crippen LogP contribution in [0.5, 0.6) is 0 Å². The molecule has 0 saturated carbocycles. The van der Waals surface area contributed by atoms with Crippen molar-refractivity contribution < 1.29 is 23.7 Å². The summed E-state index contributed by atoms with van der Waals surface area (Å²) in [5.74, 6) is -0.160. The fraction of sp³-hybridized carbons (Fsp3) is 0.520. The lowest BCUT2D eigenvalue weighted by molar-refractivity contribution is -0.0892. The number of benzene rings is 2. The Morgan fingerprint density at radius 1 is 0.839 bits per heavy atom. The minimum Gasteiger partial charge on any atom is -0.407 e. The van der Waals surface area contributed by atoms with Crippen LogP contribution in [0, 0.1) is 5.92 Å². The van der Waals surface area contributed by atoms with Crippen LogP contribution in [0.1, 0.15) is 27.7 Å². The van der Waals surface area contributed by atoms with Crippen molar-refractivity contribution in [2.45, 2.75) is 38.8 Å². The Morgan fingerprint density at radius 2 is 1.39 bits per heavy atom. The normalized spacial score (nSPS) is 14.4. The predicted molar refractivity (Wildman–Crippen MR) is 127 cm³/mol. The monoisotopic (exact) mass is 446 g/mol. The third-order valence-electron chi connectivity index (χ3n) is 5.54. The summed E-state index contributed by atoms with van der Waals surface area (Å²) in [5, 5.41) is 12.7. The lowest BCUT2D eigenvalue weighted by Crippen LogP contribution is -2.67. The van der Waals surface area contributed by atoms with Crippen LogP contribution in [0.3, 0.4) is 0 Å². The van der Waals surface area contributed by atoms with E-state index in [1.165, 1.54) is 10.4 Å². The standard InChI is InChI=1S/C25H38O5Si/c1-21(26)22(18-29-20-28-17-16-27-5)19-30-31(25(2,3)4,23-12-8-6-9-13-23)24-14-10-7-11-15-24/h6-15,21-22,26H,16-20H2,1-5H3/t21-,22+/m1/s1. The molecule has 0 aliphatic rings. The van der Waals surface area contributed by atoms with Gasteiger partial charge in [0.2, 0.25) is 0 Å². The van der Waals surface area contributed by atoms with Gasteiger partial charge in [0.15, 0.2) is 0 Å². The molecule has 2 rings (SSSR count). The van der Waals surface area contributed by atoms with Crippen LogP contribution >= 0.6 is 0 Å². The van der Waals surface area contributed by atoms with Gasteiger partial charge in [-0.25, -0.2) is 0 Å². The molecule has 5 nitrogen and oxygen atoms in total. The van der Waals surface area contributed by atoms with Crippen molar-refractivity contribution >= 4 is 18.7 Å². The van der Waals surface area contributed by atoms with E-state index in [1.54, 1.807) is 14.0 Å². The van der Waals surface area contributed by atoms with Gasteiger partial charge < -0.3 is 23.7 Å². The molecule has 2 atom stereocenters. The highest BCUT2D eigenvalue weighted by Gasteiger charge is 2.50. The van der Waals surface area contributed by atoms with E-state index in [0.717, 1.165) is 0 Å². The number of hydrogen-bond acceptors (Lipinski definition) is 5. The molecule has 0 radical (unpaired) electrons. The fourth-order valence-corrected chi connectivity index (χ4v) is 8.40. The van der Waals surface area contributed by atoms with Gasteiger partial charge in [-0.2, -0.15) is 0 Å². The van der Waals surface area contributed by atoms with E-state index in [2.05, 4.69) is 69.3 Å². The summed E-state index contributed by atoms with van der Waals surface area (Å²) >= 11 is 0. The van der Waals surface area contributed by atoms with Gasteiger partial charge in [-0.3, -0.25) is 0 Å². The van der Waals surface area contributed by atoms with Gasteiger partial charge >= 0.3 is 0 Å². The maximum Gasteiger partial charge on any atom is 0.261 e. The summed E-state index contributed by atoms with van der Waals surface area (Å²) in [6.07, 6.45) is -0.558. The Labute approximate surface area is 188 Å². The molecular formula is C25H38O5Si. The Hall–Kier alpha value is -1.54. The maximum absolute atomic E-state index is 10.4. The molecule has 0 fully saturated rings. The Kier molecular flexibility index (Phi) is 10.4. The molecule has 0 bridgehead atoms. The summed E-state index contributed by atoms with van der Waals surface area (Å²) in [5.41, 5.74) is 0. The molecule has 31 heavy (non-hydrogen) atoms. The zero-order valence-corrected chi connectivity index (χ0v) is 20.5. The Balaban J connectivity index is 2.24. The molecule has 0 heterocycles. The van der Waals surface area contributed by atoms with E-state index in [1.807, 2.05) is 12.1 Å². The summed E-state index contributed by atoms with van der Waals surface area (Å²) in [4.78, 5) is 0. The van der Waals surface area contributed by atoms with Crippen LogP contribution in [0.4, 0.5) is 0 Å². The van der Waals surface area contributed by atoms with Gasteiger partial charge in [0.05, 0.1) is 25.9 Å². The molecule has 1 N–H and O–H groups in total. The molecule has 0 aliphatic carbocycles. The zero-order chi connectivity index (χ0) is 22.7. The highest BCUT2D eigenvalue weighted by atomic mass is 28.4. The van der Waals surface area contributed by atoms with Crippen LogP contribution in [0.25, 0.3) is 0 Å². The highest BCUT2D eigenvalue weighted by molar-refractivity contribution is 6.99. The van der Waals surface area contributed by atoms with Crippen molar-refractivity contribution in [2.75, 3.05) is 40.3 Å². The molecule has 0 amide bonds. The largest absolute Gasteiger partial charge is 0.407 e. The van der Waals surface area contributed by atoms with Gasteiger partial charge in [-0.05, 0) is 22.3 Å². The van der Waals surface area contributed by atoms with Gasteiger partial charge in [-0.15, -0.1) is 0 Å². The van der Waals surface area contributed by atoms with E-state index in [4.69, 9.17) is 18.6 Å². The first-order valence-corrected chi connectivity index (χ1v) is 12.8. The van der Waals surface area contributed by atoms with Gasteiger partial charge in [-0.1, -0.05) is 81.4 Å². The molecular weight excluding hydrogens is 408 g/mol. The molecule has 0 aliphatic heterocycles. The van der Waals surface area contributed by atoms with E-state index >= 15 is 0 Å². The van der Waals surface area contributed by atoms with Crippen molar-refractivity contribution in [3.8, 4) is 0 Å². The van der Waals surface area contributed by atoms with Gasteiger partial charge in [0.1, 0.15) is 6.79 Å². The van der Waals surface area contributed by atoms with Gasteiger partial charge in [0.25, 0.3) is 8.32 Å². The summed E-state index contributed by atoms with van der Waals surface area (Å²) < 4.78 is 22.9. The SMILES string of the molecule is COCCOCOC[C@@H](CO[Si](c1ccccc1)(c1ccccc1)C(C)(C)C)[C@@H](C)O. The first kappa shape index (κ1) is 25.7. The van der Waals surface area contributed by atoms with E-state index < -0.39 is 14.4 Å².